The summed E-state index contributed by atoms with van der Waals surface area (Å²) in [5.74, 6) is 0.539. The van der Waals surface area contributed by atoms with Crippen molar-refractivity contribution in [3.05, 3.63) is 364 Å². The van der Waals surface area contributed by atoms with E-state index in [0.29, 0.717) is 5.56 Å². The molecule has 11 nitrogen and oxygen atoms in total. The number of rotatable bonds is 13. The lowest BCUT2D eigenvalue weighted by molar-refractivity contribution is 0.0601. The molecule has 0 saturated heterocycles. The average molecular weight is 1650 g/mol. The Hall–Kier alpha value is -12.0. The number of benzene rings is 11. The minimum absolute atomic E-state index is 0.328. The first kappa shape index (κ1) is 81.5. The van der Waals surface area contributed by atoms with Crippen molar-refractivity contribution in [1.82, 2.24) is 39.9 Å². The lowest BCUT2D eigenvalue weighted by atomic mass is 10.1. The monoisotopic (exact) mass is 1650 g/mol. The number of hydrogen-bond acceptors (Lipinski definition) is 19. The highest BCUT2D eigenvalue weighted by molar-refractivity contribution is 7.22. The van der Waals surface area contributed by atoms with Gasteiger partial charge in [0.1, 0.15) is 45.8 Å². The largest absolute Gasteiger partial charge is 0.497 e. The van der Waals surface area contributed by atoms with Gasteiger partial charge in [0.25, 0.3) is 0 Å². The van der Waals surface area contributed by atoms with E-state index >= 15 is 0 Å². The molecule has 0 aliphatic rings. The molecule has 0 fully saturated rings. The summed E-state index contributed by atoms with van der Waals surface area (Å²) in [5, 5.41) is 8.45. The van der Waals surface area contributed by atoms with Gasteiger partial charge in [0.15, 0.2) is 0 Å². The van der Waals surface area contributed by atoms with Gasteiger partial charge in [0.2, 0.25) is 0 Å². The van der Waals surface area contributed by atoms with Crippen molar-refractivity contribution in [3.8, 4) is 28.0 Å². The van der Waals surface area contributed by atoms with Crippen molar-refractivity contribution in [2.24, 2.45) is 0 Å². The highest BCUT2D eigenvalue weighted by Gasteiger charge is 2.12. The van der Waals surface area contributed by atoms with Gasteiger partial charge in [-0.15, -0.1) is 90.7 Å². The quantitative estimate of drug-likeness (QED) is 0.102. The Balaban J connectivity index is 0.000000121. The molecular weight excluding hydrogens is 1580 g/mol. The Morgan fingerprint density at radius 2 is 0.667 bits per heavy atom. The van der Waals surface area contributed by atoms with Gasteiger partial charge in [-0.05, 0) is 192 Å². The zero-order valence-electron chi connectivity index (χ0n) is 62.3. The van der Waals surface area contributed by atoms with Gasteiger partial charge in [0.05, 0.1) is 102 Å². The zero-order chi connectivity index (χ0) is 79.9. The van der Waals surface area contributed by atoms with Gasteiger partial charge in [-0.25, -0.2) is 44.7 Å². The van der Waals surface area contributed by atoms with Crippen molar-refractivity contribution in [3.63, 3.8) is 0 Å². The topological polar surface area (TPSA) is 139 Å². The molecular formula is C94H73ClN8O3S8. The van der Waals surface area contributed by atoms with Crippen molar-refractivity contribution in [2.75, 3.05) is 14.2 Å². The molecule has 0 amide bonds. The fourth-order valence-corrected chi connectivity index (χ4v) is 17.9. The van der Waals surface area contributed by atoms with E-state index in [-0.39, 0.29) is 5.97 Å². The molecule has 0 spiro atoms. The third kappa shape index (κ3) is 21.4. The number of carbonyl (C=O) groups excluding carboxylic acids is 1. The maximum Gasteiger partial charge on any atom is 0.337 e. The first-order valence-corrected chi connectivity index (χ1v) is 42.2. The Bertz CT molecular complexity index is 6390. The molecule has 19 aromatic rings. The van der Waals surface area contributed by atoms with E-state index in [2.05, 4.69) is 213 Å². The van der Waals surface area contributed by atoms with Crippen LogP contribution < -0.4 is 4.74 Å². The van der Waals surface area contributed by atoms with Gasteiger partial charge in [-0.3, -0.25) is 0 Å². The number of fused-ring (bicyclic) bond motifs is 8. The number of thiazole rings is 8. The highest BCUT2D eigenvalue weighted by atomic mass is 35.5. The summed E-state index contributed by atoms with van der Waals surface area (Å²) in [5.41, 5.74) is 16.7. The molecule has 0 aliphatic heterocycles. The molecule has 562 valence electrons. The molecule has 19 rings (SSSR count). The summed E-state index contributed by atoms with van der Waals surface area (Å²) in [6.45, 7) is 32.2. The SMILES string of the molecule is C=C(C)c1nc2ccccc2s1.C=C(c1ccccc1)c1nc2ccccc2s1.C=Cc1nc2cc(-c3ccccc3)ccc2s1.C=Cc1nc2cc(Cl)ccc2s1.C=Cc1nc2ccc(-c3ccccc3)cc2s1.C=Cc1nc2ccc(C(=O)OC)cc2s1.C=Cc1nc2ccc(OC)cc2s1.C=Cc1nc2ccccc2s1. The van der Waals surface area contributed by atoms with E-state index < -0.39 is 0 Å². The van der Waals surface area contributed by atoms with Gasteiger partial charge in [-0.1, -0.05) is 204 Å². The molecule has 0 N–H and O–H groups in total. The smallest absolute Gasteiger partial charge is 0.337 e. The molecule has 0 atom stereocenters. The molecule has 0 saturated carbocycles. The Morgan fingerprint density at radius 1 is 0.316 bits per heavy atom. The average Bonchev–Trinajstić information content (AvgIpc) is 1.69. The molecule has 114 heavy (non-hydrogen) atoms. The van der Waals surface area contributed by atoms with Crippen LogP contribution >= 0.6 is 102 Å². The number of halogens is 1. The molecule has 0 aliphatic carbocycles. The second-order valence-corrected chi connectivity index (χ2v) is 33.2. The fourth-order valence-electron chi connectivity index (χ4n) is 10.9. The predicted octanol–water partition coefficient (Wildman–Crippen LogP) is 29.1. The maximum atomic E-state index is 11.3. The van der Waals surface area contributed by atoms with Gasteiger partial charge >= 0.3 is 5.97 Å². The number of esters is 1. The van der Waals surface area contributed by atoms with Gasteiger partial charge in [-0.2, -0.15) is 0 Å². The van der Waals surface area contributed by atoms with E-state index in [1.54, 1.807) is 135 Å². The van der Waals surface area contributed by atoms with E-state index in [9.17, 15) is 4.79 Å². The maximum absolute atomic E-state index is 11.3. The summed E-state index contributed by atoms with van der Waals surface area (Å²) in [6, 6.07) is 85.0. The number of ether oxygens (including phenoxy) is 2. The molecule has 8 aromatic heterocycles. The van der Waals surface area contributed by atoms with Crippen LogP contribution in [0.1, 0.15) is 62.9 Å². The summed E-state index contributed by atoms with van der Waals surface area (Å²) in [4.78, 5) is 46.6. The van der Waals surface area contributed by atoms with Crippen LogP contribution in [0.4, 0.5) is 0 Å². The zero-order valence-corrected chi connectivity index (χ0v) is 69.6. The Morgan fingerprint density at radius 3 is 1.13 bits per heavy atom. The highest BCUT2D eigenvalue weighted by Crippen LogP contribution is 2.35. The molecule has 0 radical (unpaired) electrons. The number of carbonyl (C=O) groups is 1. The summed E-state index contributed by atoms with van der Waals surface area (Å²) < 4.78 is 19.1. The number of hydrogen-bond donors (Lipinski definition) is 0. The van der Waals surface area contributed by atoms with Crippen LogP contribution in [-0.4, -0.2) is 60.1 Å². The van der Waals surface area contributed by atoms with E-state index in [0.717, 1.165) is 126 Å². The van der Waals surface area contributed by atoms with Gasteiger partial charge in [0, 0.05) is 10.6 Å². The van der Waals surface area contributed by atoms with Crippen LogP contribution in [0.15, 0.2) is 307 Å². The molecule has 20 heteroatoms. The first-order chi connectivity index (χ1) is 55.6. The second kappa shape index (κ2) is 40.0. The minimum Gasteiger partial charge on any atom is -0.497 e. The Kier molecular flexibility index (Phi) is 28.6. The summed E-state index contributed by atoms with van der Waals surface area (Å²) >= 11 is 18.9. The van der Waals surface area contributed by atoms with Crippen molar-refractivity contribution < 1.29 is 14.3 Å². The van der Waals surface area contributed by atoms with Crippen LogP contribution in [-0.2, 0) is 4.74 Å². The first-order valence-electron chi connectivity index (χ1n) is 35.3. The van der Waals surface area contributed by atoms with Crippen LogP contribution in [0.3, 0.4) is 0 Å². The lowest BCUT2D eigenvalue weighted by Gasteiger charge is -2.00. The molecule has 8 heterocycles. The van der Waals surface area contributed by atoms with Crippen molar-refractivity contribution in [2.45, 2.75) is 6.92 Å². The number of allylic oxidation sites excluding steroid dienone is 1. The third-order valence-electron chi connectivity index (χ3n) is 16.5. The third-order valence-corrected chi connectivity index (χ3v) is 25.2. The van der Waals surface area contributed by atoms with E-state index in [4.69, 9.17) is 16.3 Å². The van der Waals surface area contributed by atoms with Crippen LogP contribution in [0.2, 0.25) is 5.02 Å². The summed E-state index contributed by atoms with van der Waals surface area (Å²) in [7, 11) is 3.03. The van der Waals surface area contributed by atoms with Crippen LogP contribution in [0.25, 0.3) is 152 Å². The standard InChI is InChI=1S/3C15H11NS.C11H9NO2S.C10H9NOS.C10H9NS.C9H6ClNS.C9H7NS/c1-11(12-7-3-2-4-8-12)15-16-13-9-5-6-10-14(13)17-15;1-2-15-16-13-10-12(8-9-14(13)17-15)11-6-4-3-5-7-11;1-2-15-16-13-9-8-12(10-14(13)17-15)11-6-4-3-5-7-11;1-3-10-12-8-5-4-7(11(13)14-2)6-9(8)15-10;1-3-10-11-8-5-4-7(12-2)6-9(8)13-10;1-7(2)10-11-8-5-3-4-6-9(8)12-10;1-2-9-11-7-5-6(10)3-4-8(7)12-9;1-2-9-10-7-5-3-4-6-8(7)11-9/h3*2-10H,1H2;3-6H,1H2,2H3;3-6H,1H2,2H3;3-6H,1H2,2H3;2-5H,1H2;2-6H,1H2. The normalized spacial score (nSPS) is 10.4. The van der Waals surface area contributed by atoms with Gasteiger partial charge < -0.3 is 9.47 Å². The van der Waals surface area contributed by atoms with Crippen LogP contribution in [0, 0.1) is 0 Å². The molecule has 11 aromatic carbocycles. The summed E-state index contributed by atoms with van der Waals surface area (Å²) in [6.07, 6.45) is 10.6. The van der Waals surface area contributed by atoms with Crippen molar-refractivity contribution in [1.29, 1.82) is 0 Å². The van der Waals surface area contributed by atoms with Crippen LogP contribution in [0.5, 0.6) is 5.75 Å². The minimum atomic E-state index is -0.328. The Labute approximate surface area is 698 Å². The molecule has 0 bridgehead atoms. The number of aromatic nitrogens is 8. The fraction of sp³-hybridized carbons (Fsp3) is 0.0319. The number of methoxy groups -OCH3 is 2. The van der Waals surface area contributed by atoms with Crippen molar-refractivity contribution >= 4 is 238 Å². The molecule has 0 unspecified atom stereocenters. The van der Waals surface area contributed by atoms with E-state index in [1.165, 1.54) is 64.2 Å². The second-order valence-electron chi connectivity index (χ2n) is 24.3. The number of nitrogens with zero attached hydrogens (tertiary/aromatic N) is 8. The lowest BCUT2D eigenvalue weighted by Crippen LogP contribution is -1.99. The predicted molar refractivity (Wildman–Crippen MR) is 501 cm³/mol. The van der Waals surface area contributed by atoms with E-state index in [1.807, 2.05) is 134 Å². The number of para-hydroxylation sites is 3.